The molecule has 5 nitrogen and oxygen atoms in total. The number of carbonyl (C=O) groups excluding carboxylic acids is 1. The highest BCUT2D eigenvalue weighted by Crippen LogP contribution is 2.19. The molecular formula is C15H17FN2O3. The van der Waals surface area contributed by atoms with Crippen molar-refractivity contribution in [3.63, 3.8) is 0 Å². The standard InChI is InChI=1S/C15H17FN2O3/c16-11-1-2-13-12(7-11)10(8-18-13)3-4-17-15(19)14-9-20-5-6-21-14/h1-2,7-8,14,18H,3-6,9H2,(H,17,19)/t14-/m0/s1. The first-order chi connectivity index (χ1) is 10.2. The summed E-state index contributed by atoms with van der Waals surface area (Å²) in [4.78, 5) is 15.0. The summed E-state index contributed by atoms with van der Waals surface area (Å²) >= 11 is 0. The third kappa shape index (κ3) is 3.22. The molecule has 1 fully saturated rings. The highest BCUT2D eigenvalue weighted by Gasteiger charge is 2.22. The molecule has 2 N–H and O–H groups in total. The van der Waals surface area contributed by atoms with E-state index in [1.165, 1.54) is 12.1 Å². The molecule has 112 valence electrons. The molecule has 0 aliphatic carbocycles. The summed E-state index contributed by atoms with van der Waals surface area (Å²) in [5, 5.41) is 3.67. The van der Waals surface area contributed by atoms with E-state index in [1.807, 2.05) is 6.20 Å². The number of halogens is 1. The van der Waals surface area contributed by atoms with E-state index in [-0.39, 0.29) is 11.7 Å². The summed E-state index contributed by atoms with van der Waals surface area (Å²) in [5.41, 5.74) is 1.87. The van der Waals surface area contributed by atoms with Crippen molar-refractivity contribution < 1.29 is 18.7 Å². The van der Waals surface area contributed by atoms with E-state index in [1.54, 1.807) is 6.07 Å². The van der Waals surface area contributed by atoms with Gasteiger partial charge < -0.3 is 19.8 Å². The van der Waals surface area contributed by atoms with Gasteiger partial charge in [-0.3, -0.25) is 4.79 Å². The van der Waals surface area contributed by atoms with Gasteiger partial charge in [0, 0.05) is 23.6 Å². The molecule has 6 heteroatoms. The lowest BCUT2D eigenvalue weighted by Gasteiger charge is -2.21. The quantitative estimate of drug-likeness (QED) is 0.895. The number of benzene rings is 1. The number of H-pyrrole nitrogens is 1. The zero-order valence-corrected chi connectivity index (χ0v) is 11.5. The van der Waals surface area contributed by atoms with Gasteiger partial charge in [-0.05, 0) is 30.2 Å². The van der Waals surface area contributed by atoms with Crippen molar-refractivity contribution in [2.75, 3.05) is 26.4 Å². The molecular weight excluding hydrogens is 275 g/mol. The zero-order valence-electron chi connectivity index (χ0n) is 11.5. The maximum absolute atomic E-state index is 13.3. The Bertz CT molecular complexity index is 635. The van der Waals surface area contributed by atoms with Crippen LogP contribution in [0.1, 0.15) is 5.56 Å². The number of nitrogens with one attached hydrogen (secondary N) is 2. The monoisotopic (exact) mass is 292 g/mol. The molecule has 1 amide bonds. The topological polar surface area (TPSA) is 63.4 Å². The summed E-state index contributed by atoms with van der Waals surface area (Å²) in [7, 11) is 0. The molecule has 1 atom stereocenters. The molecule has 1 aliphatic heterocycles. The molecule has 21 heavy (non-hydrogen) atoms. The van der Waals surface area contributed by atoms with Crippen LogP contribution in [0.5, 0.6) is 0 Å². The van der Waals surface area contributed by atoms with Crippen molar-refractivity contribution in [1.82, 2.24) is 10.3 Å². The maximum Gasteiger partial charge on any atom is 0.251 e. The van der Waals surface area contributed by atoms with Crippen LogP contribution in [-0.4, -0.2) is 43.4 Å². The van der Waals surface area contributed by atoms with Gasteiger partial charge in [-0.15, -0.1) is 0 Å². The van der Waals surface area contributed by atoms with Gasteiger partial charge in [-0.1, -0.05) is 0 Å². The van der Waals surface area contributed by atoms with Crippen LogP contribution < -0.4 is 5.32 Å². The lowest BCUT2D eigenvalue weighted by molar-refractivity contribution is -0.147. The Balaban J connectivity index is 1.56. The van der Waals surface area contributed by atoms with Gasteiger partial charge >= 0.3 is 0 Å². The van der Waals surface area contributed by atoms with E-state index in [2.05, 4.69) is 10.3 Å². The number of fused-ring (bicyclic) bond motifs is 1. The fraction of sp³-hybridized carbons (Fsp3) is 0.400. The fourth-order valence-corrected chi connectivity index (χ4v) is 2.43. The van der Waals surface area contributed by atoms with Crippen molar-refractivity contribution >= 4 is 16.8 Å². The predicted octanol–water partition coefficient (Wildman–Crippen LogP) is 1.38. The summed E-state index contributed by atoms with van der Waals surface area (Å²) in [5.74, 6) is -0.430. The minimum absolute atomic E-state index is 0.166. The minimum Gasteiger partial charge on any atom is -0.376 e. The van der Waals surface area contributed by atoms with Crippen LogP contribution in [-0.2, 0) is 20.7 Å². The maximum atomic E-state index is 13.3. The highest BCUT2D eigenvalue weighted by atomic mass is 19.1. The van der Waals surface area contributed by atoms with Crippen molar-refractivity contribution in [3.05, 3.63) is 35.8 Å². The molecule has 3 rings (SSSR count). The summed E-state index contributed by atoms with van der Waals surface area (Å²) in [6, 6.07) is 4.63. The van der Waals surface area contributed by atoms with Crippen molar-refractivity contribution in [3.8, 4) is 0 Å². The molecule has 0 saturated carbocycles. The number of aromatic nitrogens is 1. The van der Waals surface area contributed by atoms with E-state index in [0.29, 0.717) is 32.8 Å². The molecule has 0 bridgehead atoms. The first-order valence-electron chi connectivity index (χ1n) is 6.96. The smallest absolute Gasteiger partial charge is 0.251 e. The number of rotatable bonds is 4. The van der Waals surface area contributed by atoms with E-state index in [0.717, 1.165) is 16.5 Å². The molecule has 0 unspecified atom stereocenters. The SMILES string of the molecule is O=C(NCCc1c[nH]c2ccc(F)cc12)[C@@H]1COCCO1. The Labute approximate surface area is 121 Å². The van der Waals surface area contributed by atoms with Crippen LogP contribution in [0.2, 0.25) is 0 Å². The number of ether oxygens (including phenoxy) is 2. The molecule has 1 aromatic carbocycles. The number of hydrogen-bond donors (Lipinski definition) is 2. The average Bonchev–Trinajstić information content (AvgIpc) is 2.90. The number of amides is 1. The van der Waals surface area contributed by atoms with Crippen LogP contribution in [0.25, 0.3) is 10.9 Å². The van der Waals surface area contributed by atoms with Gasteiger partial charge in [0.05, 0.1) is 19.8 Å². The van der Waals surface area contributed by atoms with Gasteiger partial charge in [0.1, 0.15) is 5.82 Å². The Hall–Kier alpha value is -1.92. The van der Waals surface area contributed by atoms with Gasteiger partial charge in [-0.2, -0.15) is 0 Å². The van der Waals surface area contributed by atoms with Gasteiger partial charge in [0.2, 0.25) is 0 Å². The predicted molar refractivity (Wildman–Crippen MR) is 75.5 cm³/mol. The molecule has 2 aromatic rings. The largest absolute Gasteiger partial charge is 0.376 e. The second-order valence-corrected chi connectivity index (χ2v) is 4.98. The van der Waals surface area contributed by atoms with E-state index >= 15 is 0 Å². The third-order valence-corrected chi connectivity index (χ3v) is 3.53. The van der Waals surface area contributed by atoms with Crippen LogP contribution in [0.4, 0.5) is 4.39 Å². The number of aromatic amines is 1. The average molecular weight is 292 g/mol. The van der Waals surface area contributed by atoms with Gasteiger partial charge in [-0.25, -0.2) is 4.39 Å². The molecule has 0 radical (unpaired) electrons. The van der Waals surface area contributed by atoms with E-state index < -0.39 is 6.10 Å². The second kappa shape index (κ2) is 6.24. The van der Waals surface area contributed by atoms with Crippen molar-refractivity contribution in [2.24, 2.45) is 0 Å². The summed E-state index contributed by atoms with van der Waals surface area (Å²) < 4.78 is 23.8. The summed E-state index contributed by atoms with van der Waals surface area (Å²) in [6.45, 7) is 1.75. The number of carbonyl (C=O) groups is 1. The van der Waals surface area contributed by atoms with Crippen molar-refractivity contribution in [1.29, 1.82) is 0 Å². The third-order valence-electron chi connectivity index (χ3n) is 3.53. The van der Waals surface area contributed by atoms with Crippen molar-refractivity contribution in [2.45, 2.75) is 12.5 Å². The van der Waals surface area contributed by atoms with Crippen LogP contribution in [0, 0.1) is 5.82 Å². The Morgan fingerprint density at radius 3 is 3.14 bits per heavy atom. The molecule has 1 aromatic heterocycles. The molecule has 0 spiro atoms. The van der Waals surface area contributed by atoms with Crippen LogP contribution >= 0.6 is 0 Å². The molecule has 1 aliphatic rings. The van der Waals surface area contributed by atoms with Crippen LogP contribution in [0.15, 0.2) is 24.4 Å². The van der Waals surface area contributed by atoms with E-state index in [4.69, 9.17) is 9.47 Å². The Morgan fingerprint density at radius 2 is 2.33 bits per heavy atom. The molecule has 2 heterocycles. The van der Waals surface area contributed by atoms with E-state index in [9.17, 15) is 9.18 Å². The molecule has 1 saturated heterocycles. The zero-order chi connectivity index (χ0) is 14.7. The highest BCUT2D eigenvalue weighted by molar-refractivity contribution is 5.83. The van der Waals surface area contributed by atoms with Gasteiger partial charge in [0.25, 0.3) is 5.91 Å². The Morgan fingerprint density at radius 1 is 1.43 bits per heavy atom. The summed E-state index contributed by atoms with van der Waals surface area (Å²) in [6.07, 6.45) is 1.94. The second-order valence-electron chi connectivity index (χ2n) is 4.98. The first kappa shape index (κ1) is 14.0. The fourth-order valence-electron chi connectivity index (χ4n) is 2.43. The lowest BCUT2D eigenvalue weighted by Crippen LogP contribution is -2.43. The van der Waals surface area contributed by atoms with Gasteiger partial charge in [0.15, 0.2) is 6.10 Å². The first-order valence-corrected chi connectivity index (χ1v) is 6.96. The number of hydrogen-bond acceptors (Lipinski definition) is 3. The lowest BCUT2D eigenvalue weighted by atomic mass is 10.1. The Kier molecular flexibility index (Phi) is 4.17. The van der Waals surface area contributed by atoms with Crippen LogP contribution in [0.3, 0.4) is 0 Å². The normalized spacial score (nSPS) is 18.8. The minimum atomic E-state index is -0.529.